The number of rotatable bonds is 1. The summed E-state index contributed by atoms with van der Waals surface area (Å²) in [4.78, 5) is 10.8. The highest BCUT2D eigenvalue weighted by molar-refractivity contribution is 5.72. The molecule has 1 rings (SSSR count). The van der Waals surface area contributed by atoms with E-state index in [4.69, 9.17) is 10.5 Å². The monoisotopic (exact) mass is 180 g/mol. The molecule has 1 amide bonds. The van der Waals surface area contributed by atoms with Crippen LogP contribution in [0, 0.1) is 6.92 Å². The number of ether oxygens (including phenoxy) is 1. The molecule has 1 aromatic carbocycles. The second-order valence-electron chi connectivity index (χ2n) is 2.68. The number of hydrogen-bond acceptors (Lipinski definition) is 3. The molecule has 0 aromatic heterocycles. The zero-order valence-corrected chi connectivity index (χ0v) is 7.63. The summed E-state index contributed by atoms with van der Waals surface area (Å²) in [6.45, 7) is 1.92. The molecule has 3 N–H and O–H groups in total. The number of amides is 1. The van der Waals surface area contributed by atoms with E-state index in [0.717, 1.165) is 5.56 Å². The average Bonchev–Trinajstić information content (AvgIpc) is 2.09. The summed E-state index contributed by atoms with van der Waals surface area (Å²) in [5.74, 6) is 0.380. The Morgan fingerprint density at radius 2 is 2.23 bits per heavy atom. The van der Waals surface area contributed by atoms with E-state index in [-0.39, 0.29) is 0 Å². The van der Waals surface area contributed by atoms with Crippen LogP contribution in [-0.2, 0) is 0 Å². The molecule has 0 atom stereocenters. The fourth-order valence-corrected chi connectivity index (χ4v) is 0.912. The number of hydrogen-bond donors (Lipinski definition) is 2. The summed E-state index contributed by atoms with van der Waals surface area (Å²) in [6.07, 6.45) is -0.518. The number of anilines is 1. The minimum atomic E-state index is -0.518. The van der Waals surface area contributed by atoms with Crippen molar-refractivity contribution < 1.29 is 9.53 Å². The molecule has 0 aliphatic heterocycles. The molecule has 0 aliphatic carbocycles. The van der Waals surface area contributed by atoms with E-state index >= 15 is 0 Å². The Labute approximate surface area is 76.7 Å². The van der Waals surface area contributed by atoms with Crippen molar-refractivity contribution in [1.82, 2.24) is 5.32 Å². The average molecular weight is 180 g/mol. The standard InChI is InChI=1S/C9H12N2O2/c1-6-3-4-8(7(10)5-6)13-9(12)11-2/h3-5H,10H2,1-2H3,(H,11,12). The van der Waals surface area contributed by atoms with Gasteiger partial charge in [0.15, 0.2) is 5.75 Å². The Bertz CT molecular complexity index is 323. The molecule has 0 unspecified atom stereocenters. The molecule has 4 heteroatoms. The van der Waals surface area contributed by atoms with Crippen LogP contribution in [0.1, 0.15) is 5.56 Å². The van der Waals surface area contributed by atoms with E-state index in [2.05, 4.69) is 5.32 Å². The van der Waals surface area contributed by atoms with Crippen LogP contribution in [0.3, 0.4) is 0 Å². The maximum atomic E-state index is 10.8. The van der Waals surface area contributed by atoms with Gasteiger partial charge in [-0.05, 0) is 24.6 Å². The summed E-state index contributed by atoms with van der Waals surface area (Å²) >= 11 is 0. The lowest BCUT2D eigenvalue weighted by Gasteiger charge is -2.06. The van der Waals surface area contributed by atoms with Gasteiger partial charge in [0.05, 0.1) is 5.69 Å². The first-order valence-electron chi connectivity index (χ1n) is 3.89. The highest BCUT2D eigenvalue weighted by Gasteiger charge is 2.04. The quantitative estimate of drug-likeness (QED) is 0.640. The lowest BCUT2D eigenvalue weighted by molar-refractivity contribution is 0.203. The van der Waals surface area contributed by atoms with Crippen LogP contribution in [-0.4, -0.2) is 13.1 Å². The fourth-order valence-electron chi connectivity index (χ4n) is 0.912. The van der Waals surface area contributed by atoms with Crippen LogP contribution in [0.5, 0.6) is 5.75 Å². The van der Waals surface area contributed by atoms with E-state index in [1.165, 1.54) is 7.05 Å². The minimum absolute atomic E-state index is 0.380. The Morgan fingerprint density at radius 3 is 2.77 bits per heavy atom. The zero-order valence-electron chi connectivity index (χ0n) is 7.63. The predicted molar refractivity (Wildman–Crippen MR) is 50.7 cm³/mol. The third-order valence-electron chi connectivity index (χ3n) is 1.57. The van der Waals surface area contributed by atoms with Crippen LogP contribution in [0.15, 0.2) is 18.2 Å². The predicted octanol–water partition coefficient (Wildman–Crippen LogP) is 1.30. The lowest BCUT2D eigenvalue weighted by Crippen LogP contribution is -2.22. The summed E-state index contributed by atoms with van der Waals surface area (Å²) in [6, 6.07) is 5.24. The van der Waals surface area contributed by atoms with Crippen molar-refractivity contribution in [3.8, 4) is 5.75 Å². The number of nitrogens with one attached hydrogen (secondary N) is 1. The Hall–Kier alpha value is -1.71. The van der Waals surface area contributed by atoms with Gasteiger partial charge in [0.25, 0.3) is 0 Å². The Balaban J connectivity index is 2.83. The number of carbonyl (C=O) groups excluding carboxylic acids is 1. The first-order chi connectivity index (χ1) is 6.13. The van der Waals surface area contributed by atoms with E-state index < -0.39 is 6.09 Å². The topological polar surface area (TPSA) is 64.3 Å². The van der Waals surface area contributed by atoms with Crippen molar-refractivity contribution in [2.45, 2.75) is 6.92 Å². The van der Waals surface area contributed by atoms with Crippen molar-refractivity contribution in [1.29, 1.82) is 0 Å². The van der Waals surface area contributed by atoms with Gasteiger partial charge >= 0.3 is 6.09 Å². The number of nitrogen functional groups attached to an aromatic ring is 1. The normalized spacial score (nSPS) is 9.38. The van der Waals surface area contributed by atoms with Gasteiger partial charge in [-0.3, -0.25) is 0 Å². The molecule has 1 aromatic rings. The summed E-state index contributed by atoms with van der Waals surface area (Å²) in [7, 11) is 1.49. The zero-order chi connectivity index (χ0) is 9.84. The van der Waals surface area contributed by atoms with Gasteiger partial charge in [0, 0.05) is 7.05 Å². The molecule has 0 radical (unpaired) electrons. The van der Waals surface area contributed by atoms with E-state index in [1.54, 1.807) is 12.1 Å². The van der Waals surface area contributed by atoms with Crippen LogP contribution >= 0.6 is 0 Å². The molecule has 0 saturated carbocycles. The summed E-state index contributed by atoms with van der Waals surface area (Å²) in [5, 5.41) is 2.34. The van der Waals surface area contributed by atoms with Crippen LogP contribution in [0.25, 0.3) is 0 Å². The first-order valence-corrected chi connectivity index (χ1v) is 3.89. The van der Waals surface area contributed by atoms with Crippen molar-refractivity contribution >= 4 is 11.8 Å². The highest BCUT2D eigenvalue weighted by atomic mass is 16.6. The SMILES string of the molecule is CNC(=O)Oc1ccc(C)cc1N. The molecular formula is C9H12N2O2. The molecule has 0 fully saturated rings. The fraction of sp³-hybridized carbons (Fsp3) is 0.222. The third kappa shape index (κ3) is 2.37. The Morgan fingerprint density at radius 1 is 1.54 bits per heavy atom. The van der Waals surface area contributed by atoms with Gasteiger partial charge < -0.3 is 15.8 Å². The third-order valence-corrected chi connectivity index (χ3v) is 1.57. The van der Waals surface area contributed by atoms with Crippen LogP contribution in [0.2, 0.25) is 0 Å². The number of benzene rings is 1. The molecule has 0 spiro atoms. The number of nitrogens with two attached hydrogens (primary N) is 1. The summed E-state index contributed by atoms with van der Waals surface area (Å²) < 4.78 is 4.87. The van der Waals surface area contributed by atoms with Gasteiger partial charge in [0.2, 0.25) is 0 Å². The maximum absolute atomic E-state index is 10.8. The van der Waals surface area contributed by atoms with E-state index in [9.17, 15) is 4.79 Å². The smallest absolute Gasteiger partial charge is 0.408 e. The highest BCUT2D eigenvalue weighted by Crippen LogP contribution is 2.21. The minimum Gasteiger partial charge on any atom is -0.408 e. The second-order valence-corrected chi connectivity index (χ2v) is 2.68. The number of carbonyl (C=O) groups is 1. The Kier molecular flexibility index (Phi) is 2.74. The largest absolute Gasteiger partial charge is 0.412 e. The lowest BCUT2D eigenvalue weighted by atomic mass is 10.2. The van der Waals surface area contributed by atoms with E-state index in [1.807, 2.05) is 13.0 Å². The molecule has 0 bridgehead atoms. The van der Waals surface area contributed by atoms with Gasteiger partial charge in [-0.2, -0.15) is 0 Å². The molecule has 0 saturated heterocycles. The molecule has 4 nitrogen and oxygen atoms in total. The molecule has 0 aliphatic rings. The van der Waals surface area contributed by atoms with Crippen molar-refractivity contribution in [3.63, 3.8) is 0 Å². The number of aryl methyl sites for hydroxylation is 1. The molecule has 70 valence electrons. The van der Waals surface area contributed by atoms with Crippen molar-refractivity contribution in [2.24, 2.45) is 0 Å². The molecule has 0 heterocycles. The second kappa shape index (κ2) is 3.80. The van der Waals surface area contributed by atoms with Crippen molar-refractivity contribution in [2.75, 3.05) is 12.8 Å². The maximum Gasteiger partial charge on any atom is 0.412 e. The van der Waals surface area contributed by atoms with Crippen LogP contribution < -0.4 is 15.8 Å². The molecular weight excluding hydrogens is 168 g/mol. The van der Waals surface area contributed by atoms with E-state index in [0.29, 0.717) is 11.4 Å². The molecule has 13 heavy (non-hydrogen) atoms. The van der Waals surface area contributed by atoms with Gasteiger partial charge in [-0.1, -0.05) is 6.07 Å². The van der Waals surface area contributed by atoms with Gasteiger partial charge in [-0.25, -0.2) is 4.79 Å². The summed E-state index contributed by atoms with van der Waals surface area (Å²) in [5.41, 5.74) is 7.11. The first kappa shape index (κ1) is 9.38. The van der Waals surface area contributed by atoms with Gasteiger partial charge in [0.1, 0.15) is 0 Å². The van der Waals surface area contributed by atoms with Crippen LogP contribution in [0.4, 0.5) is 10.5 Å². The van der Waals surface area contributed by atoms with Crippen molar-refractivity contribution in [3.05, 3.63) is 23.8 Å². The van der Waals surface area contributed by atoms with Gasteiger partial charge in [-0.15, -0.1) is 0 Å².